The molecule has 264 valence electrons. The predicted molar refractivity (Wildman–Crippen MR) is 158 cm³/mol. The van der Waals surface area contributed by atoms with Crippen LogP contribution in [-0.4, -0.2) is 109 Å². The van der Waals surface area contributed by atoms with Crippen molar-refractivity contribution in [1.82, 2.24) is 19.5 Å². The van der Waals surface area contributed by atoms with E-state index < -0.39 is 85.8 Å². The fraction of sp³-hybridized carbons (Fsp3) is 0.476. The Morgan fingerprint density at radius 1 is 0.979 bits per heavy atom. The number of anilines is 1. The topological polar surface area (TPSA) is 348 Å². The van der Waals surface area contributed by atoms with Crippen molar-refractivity contribution in [2.24, 2.45) is 5.73 Å². The van der Waals surface area contributed by atoms with Gasteiger partial charge in [-0.3, -0.25) is 18.1 Å². The van der Waals surface area contributed by atoms with E-state index in [1.807, 2.05) is 0 Å². The maximum absolute atomic E-state index is 12.6. The minimum absolute atomic E-state index is 0.0112. The number of imidazole rings is 1. The zero-order valence-corrected chi connectivity index (χ0v) is 27.4. The predicted octanol–water partition coefficient (Wildman–Crippen LogP) is -2.36. The number of nitrogens with zero attached hydrogens (tertiary/aromatic N) is 5. The molecule has 0 aromatic carbocycles. The third kappa shape index (κ3) is 8.29. The van der Waals surface area contributed by atoms with Crippen LogP contribution in [0.4, 0.5) is 5.82 Å². The summed E-state index contributed by atoms with van der Waals surface area (Å²) in [5.41, 5.74) is 11.9. The number of phosphoric ester groups is 3. The summed E-state index contributed by atoms with van der Waals surface area (Å²) in [5.74, 6) is -0.0510. The number of pyridine rings is 1. The molecule has 23 nitrogen and oxygen atoms in total. The Labute approximate surface area is 274 Å². The SMILES string of the molecule is NC(=S)c1ccc[n+]([C@@H]2O[C@@H](COP(=O)(O)OP(=O)(O)OC[C@H]3O[C@@H](n4cnc5c(N)ncnc54)[C@H](OP(=O)(O)O)[C@H]3O)C(O)C2O)c1. The highest BCUT2D eigenvalue weighted by Gasteiger charge is 2.51. The molecular weight excluding hydrogens is 731 g/mol. The Morgan fingerprint density at radius 3 is 2.25 bits per heavy atom. The van der Waals surface area contributed by atoms with E-state index in [1.165, 1.54) is 17.0 Å². The van der Waals surface area contributed by atoms with Gasteiger partial charge < -0.3 is 55.8 Å². The summed E-state index contributed by atoms with van der Waals surface area (Å²) < 4.78 is 68.7. The average Bonchev–Trinajstić information content (AvgIpc) is 3.64. The summed E-state index contributed by atoms with van der Waals surface area (Å²) in [6.45, 7) is -1.98. The quantitative estimate of drug-likeness (QED) is 0.0499. The van der Waals surface area contributed by atoms with E-state index in [-0.39, 0.29) is 22.0 Å². The lowest BCUT2D eigenvalue weighted by molar-refractivity contribution is -0.765. The van der Waals surface area contributed by atoms with Gasteiger partial charge in [-0.15, -0.1) is 0 Å². The number of nitrogens with two attached hydrogens (primary N) is 2. The largest absolute Gasteiger partial charge is 0.481 e. The number of thiocarbonyl (C=S) groups is 1. The molecular formula is C21H29N7O16P3S+. The van der Waals surface area contributed by atoms with Crippen LogP contribution >= 0.6 is 35.7 Å². The smallest absolute Gasteiger partial charge is 0.389 e. The Bertz CT molecular complexity index is 1820. The van der Waals surface area contributed by atoms with Crippen LogP contribution in [0.15, 0.2) is 37.2 Å². The first-order chi connectivity index (χ1) is 22.4. The van der Waals surface area contributed by atoms with Crippen LogP contribution in [0.25, 0.3) is 11.2 Å². The van der Waals surface area contributed by atoms with Gasteiger partial charge in [-0.25, -0.2) is 28.6 Å². The van der Waals surface area contributed by atoms with E-state index in [4.69, 9.17) is 46.7 Å². The van der Waals surface area contributed by atoms with E-state index in [9.17, 15) is 48.6 Å². The van der Waals surface area contributed by atoms with Gasteiger partial charge in [-0.2, -0.15) is 8.88 Å². The second-order valence-electron chi connectivity index (χ2n) is 10.3. The van der Waals surface area contributed by atoms with Crippen molar-refractivity contribution in [3.05, 3.63) is 42.7 Å². The van der Waals surface area contributed by atoms with E-state index in [0.29, 0.717) is 5.56 Å². The van der Waals surface area contributed by atoms with Crippen molar-refractivity contribution >= 4 is 57.7 Å². The Morgan fingerprint density at radius 2 is 1.62 bits per heavy atom. The number of phosphoric acid groups is 3. The summed E-state index contributed by atoms with van der Waals surface area (Å²) >= 11 is 4.92. The summed E-state index contributed by atoms with van der Waals surface area (Å²) in [6, 6.07) is 3.13. The van der Waals surface area contributed by atoms with Gasteiger partial charge in [0.15, 0.2) is 36.2 Å². The minimum atomic E-state index is -5.50. The first kappa shape index (κ1) is 36.8. The molecule has 11 N–H and O–H groups in total. The highest BCUT2D eigenvalue weighted by atomic mass is 32.1. The van der Waals surface area contributed by atoms with Crippen molar-refractivity contribution in [3.8, 4) is 0 Å². The first-order valence-corrected chi connectivity index (χ1v) is 18.3. The fourth-order valence-corrected chi connectivity index (χ4v) is 7.59. The van der Waals surface area contributed by atoms with Crippen LogP contribution in [0, 0.1) is 0 Å². The number of hydrogen-bond acceptors (Lipinski definition) is 17. The maximum Gasteiger partial charge on any atom is 0.481 e. The standard InChI is InChI=1S/C21H28N7O16P3S/c22-17-12-19(25-7-24-17)28(8-26-12)21-16(43-45(32,33)34)14(30)11(42-21)6-40-47(37,38)44-46(35,36)39-5-10-13(29)15(31)20(41-10)27-3-1-2-9(4-27)18(23)48/h1-4,7-8,10-11,13-16,20-21,29-31H,5-6H2,(H7-,22,23,24,25,32,33,34,35,36,37,38,48)/p+1/t10-,11+,13?,14-,15?,16+,20+,21+/m0/s1. The van der Waals surface area contributed by atoms with Gasteiger partial charge in [0.25, 0.3) is 6.23 Å². The highest BCUT2D eigenvalue weighted by Crippen LogP contribution is 2.61. The molecule has 48 heavy (non-hydrogen) atoms. The molecule has 0 radical (unpaired) electrons. The second-order valence-corrected chi connectivity index (χ2v) is 14.9. The molecule has 2 saturated heterocycles. The van der Waals surface area contributed by atoms with Gasteiger partial charge in [-0.05, 0) is 6.07 Å². The van der Waals surface area contributed by atoms with Crippen LogP contribution in [0.5, 0.6) is 0 Å². The van der Waals surface area contributed by atoms with Gasteiger partial charge >= 0.3 is 23.5 Å². The lowest BCUT2D eigenvalue weighted by Gasteiger charge is -2.22. The van der Waals surface area contributed by atoms with E-state index in [0.717, 1.165) is 17.2 Å². The number of hydrogen-bond donors (Lipinski definition) is 9. The summed E-state index contributed by atoms with van der Waals surface area (Å²) in [6.07, 6.45) is -7.76. The first-order valence-electron chi connectivity index (χ1n) is 13.3. The van der Waals surface area contributed by atoms with Crippen LogP contribution in [-0.2, 0) is 41.1 Å². The molecule has 4 unspecified atom stereocenters. The lowest BCUT2D eigenvalue weighted by Crippen LogP contribution is -2.46. The number of aliphatic hydroxyl groups excluding tert-OH is 3. The normalized spacial score (nSPS) is 30.3. The zero-order chi connectivity index (χ0) is 35.2. The van der Waals surface area contributed by atoms with Crippen molar-refractivity contribution in [1.29, 1.82) is 0 Å². The number of rotatable bonds is 13. The van der Waals surface area contributed by atoms with Crippen LogP contribution in [0.2, 0.25) is 0 Å². The number of aromatic nitrogens is 5. The number of aliphatic hydroxyl groups is 3. The summed E-state index contributed by atoms with van der Waals surface area (Å²) in [4.78, 5) is 50.8. The molecule has 0 saturated carbocycles. The van der Waals surface area contributed by atoms with Gasteiger partial charge in [0.05, 0.1) is 25.1 Å². The van der Waals surface area contributed by atoms with Gasteiger partial charge in [0, 0.05) is 6.07 Å². The second kappa shape index (κ2) is 14.1. The molecule has 2 fully saturated rings. The zero-order valence-electron chi connectivity index (χ0n) is 23.9. The molecule has 0 aliphatic carbocycles. The summed E-state index contributed by atoms with van der Waals surface area (Å²) in [7, 11) is -16.2. The monoisotopic (exact) mass is 760 g/mol. The number of nitrogen functional groups attached to an aromatic ring is 1. The highest BCUT2D eigenvalue weighted by molar-refractivity contribution is 7.80. The molecule has 5 rings (SSSR count). The Balaban J connectivity index is 1.21. The molecule has 0 spiro atoms. The fourth-order valence-electron chi connectivity index (χ4n) is 4.83. The van der Waals surface area contributed by atoms with Crippen LogP contribution < -0.4 is 16.0 Å². The molecule has 3 aromatic heterocycles. The van der Waals surface area contributed by atoms with Gasteiger partial charge in [0.2, 0.25) is 0 Å². The van der Waals surface area contributed by atoms with Crippen LogP contribution in [0.3, 0.4) is 0 Å². The molecule has 2 aliphatic rings. The van der Waals surface area contributed by atoms with Gasteiger partial charge in [-0.1, -0.05) is 12.2 Å². The van der Waals surface area contributed by atoms with E-state index in [2.05, 4.69) is 19.3 Å². The van der Waals surface area contributed by atoms with Crippen molar-refractivity contribution in [3.63, 3.8) is 0 Å². The van der Waals surface area contributed by atoms with Crippen LogP contribution in [0.1, 0.15) is 18.0 Å². The molecule has 10 atom stereocenters. The molecule has 5 heterocycles. The van der Waals surface area contributed by atoms with Crippen molar-refractivity contribution in [2.75, 3.05) is 18.9 Å². The minimum Gasteiger partial charge on any atom is -0.389 e. The molecule has 0 bridgehead atoms. The molecule has 2 aliphatic heterocycles. The van der Waals surface area contributed by atoms with Crippen molar-refractivity contribution in [2.45, 2.75) is 49.1 Å². The molecule has 0 amide bonds. The lowest BCUT2D eigenvalue weighted by atomic mass is 10.1. The molecule has 27 heteroatoms. The van der Waals surface area contributed by atoms with E-state index >= 15 is 0 Å². The average molecular weight is 760 g/mol. The maximum atomic E-state index is 12.6. The summed E-state index contributed by atoms with van der Waals surface area (Å²) in [5, 5.41) is 31.6. The third-order valence-corrected chi connectivity index (χ3v) is 10.3. The van der Waals surface area contributed by atoms with Gasteiger partial charge in [0.1, 0.15) is 47.4 Å². The van der Waals surface area contributed by atoms with E-state index in [1.54, 1.807) is 12.1 Å². The Kier molecular flexibility index (Phi) is 10.8. The Hall–Kier alpha value is -2.44. The number of ether oxygens (including phenoxy) is 2. The third-order valence-electron chi connectivity index (χ3n) is 6.98. The van der Waals surface area contributed by atoms with Crippen molar-refractivity contribution < 1.29 is 80.5 Å². The molecule has 3 aromatic rings. The number of fused-ring (bicyclic) bond motifs is 1.